The molecule has 0 fully saturated rings. The van der Waals surface area contributed by atoms with Crippen LogP contribution in [0.3, 0.4) is 0 Å². The maximum absolute atomic E-state index is 5.59. The van der Waals surface area contributed by atoms with Crippen LogP contribution < -0.4 is 0 Å². The maximum atomic E-state index is 5.59. The van der Waals surface area contributed by atoms with Gasteiger partial charge in [-0.05, 0) is 57.1 Å². The van der Waals surface area contributed by atoms with Gasteiger partial charge < -0.3 is 4.57 Å². The van der Waals surface area contributed by atoms with Gasteiger partial charge in [0.05, 0.1) is 27.8 Å². The van der Waals surface area contributed by atoms with Crippen LogP contribution in [0.1, 0.15) is 25.0 Å². The Kier molecular flexibility index (Phi) is 8.18. The van der Waals surface area contributed by atoms with Crippen LogP contribution in [-0.4, -0.2) is 24.1 Å². The van der Waals surface area contributed by atoms with Gasteiger partial charge in [0, 0.05) is 43.7 Å². The lowest BCUT2D eigenvalue weighted by Gasteiger charge is -2.24. The minimum atomic E-state index is -0.271. The number of nitrogens with zero attached hydrogens (tertiary/aromatic N) is 5. The molecule has 65 heavy (non-hydrogen) atoms. The number of hydrogen-bond acceptors (Lipinski definition) is 3. The summed E-state index contributed by atoms with van der Waals surface area (Å²) in [5, 5.41) is 4.58. The summed E-state index contributed by atoms with van der Waals surface area (Å²) in [6.07, 6.45) is 0. The minimum Gasteiger partial charge on any atom is -0.307 e. The molecule has 0 saturated carbocycles. The van der Waals surface area contributed by atoms with E-state index in [-0.39, 0.29) is 5.41 Å². The van der Waals surface area contributed by atoms with E-state index in [1.54, 1.807) is 0 Å². The predicted molar refractivity (Wildman–Crippen MR) is 268 cm³/mol. The monoisotopic (exact) mass is 831 g/mol. The van der Waals surface area contributed by atoms with Crippen molar-refractivity contribution in [2.75, 3.05) is 0 Å². The van der Waals surface area contributed by atoms with Gasteiger partial charge in [-0.25, -0.2) is 4.98 Å². The van der Waals surface area contributed by atoms with E-state index in [2.05, 4.69) is 229 Å². The van der Waals surface area contributed by atoms with E-state index in [1.807, 2.05) is 6.07 Å². The molecule has 3 heterocycles. The van der Waals surface area contributed by atoms with E-state index in [9.17, 15) is 0 Å². The summed E-state index contributed by atoms with van der Waals surface area (Å²) in [5.74, 6) is 1.83. The first-order valence-corrected chi connectivity index (χ1v) is 22.3. The fourth-order valence-corrected chi connectivity index (χ4v) is 10.7. The predicted octanol–water partition coefficient (Wildman–Crippen LogP) is 15.0. The number of aromatic nitrogens is 5. The quantitative estimate of drug-likeness (QED) is 0.168. The summed E-state index contributed by atoms with van der Waals surface area (Å²) in [7, 11) is 0. The Morgan fingerprint density at radius 1 is 0.354 bits per heavy atom. The zero-order valence-corrected chi connectivity index (χ0v) is 35.9. The molecule has 306 valence electrons. The number of benzene rings is 9. The topological polar surface area (TPSA) is 48.5 Å². The molecule has 1 aliphatic rings. The molecule has 0 amide bonds. The van der Waals surface area contributed by atoms with E-state index in [0.717, 1.165) is 71.7 Å². The minimum absolute atomic E-state index is 0.271. The van der Waals surface area contributed by atoms with E-state index in [0.29, 0.717) is 17.6 Å². The first-order chi connectivity index (χ1) is 32.0. The van der Waals surface area contributed by atoms with Crippen LogP contribution in [0, 0.1) is 0 Å². The van der Waals surface area contributed by atoms with Crippen molar-refractivity contribution in [3.8, 4) is 67.8 Å². The molecule has 0 N–H and O–H groups in total. The van der Waals surface area contributed by atoms with Crippen LogP contribution in [0.2, 0.25) is 0 Å². The lowest BCUT2D eigenvalue weighted by molar-refractivity contribution is 0.661. The summed E-state index contributed by atoms with van der Waals surface area (Å²) in [5.41, 5.74) is 16.7. The largest absolute Gasteiger partial charge is 0.307 e. The van der Waals surface area contributed by atoms with E-state index in [4.69, 9.17) is 15.0 Å². The maximum Gasteiger partial charge on any atom is 0.238 e. The van der Waals surface area contributed by atoms with Crippen molar-refractivity contribution < 1.29 is 0 Å². The second kappa shape index (κ2) is 14.3. The van der Waals surface area contributed by atoms with Gasteiger partial charge in [0.2, 0.25) is 5.95 Å². The Balaban J connectivity index is 1.17. The fraction of sp³-hybridized carbons (Fsp3) is 0.0500. The third-order valence-corrected chi connectivity index (χ3v) is 13.6. The standard InChI is InChI=1S/C60H41N5/c1-60(2)50-30-15-12-25-43(50)46-28-18-29-49(54(46)60)58-61-57(40-23-10-5-11-24-40)62-59(63-58)65-52-32-17-14-27-45(52)48-36-35-47-44-26-13-16-31-51(44)64(55(47)56(48)65)53-37-41(38-19-6-3-7-20-38)33-34-42(53)39-21-8-4-9-22-39/h3-37H,1-2H3. The summed E-state index contributed by atoms with van der Waals surface area (Å²) in [6, 6.07) is 76.0. The lowest BCUT2D eigenvalue weighted by atomic mass is 9.80. The van der Waals surface area contributed by atoms with Crippen molar-refractivity contribution in [1.82, 2.24) is 24.1 Å². The van der Waals surface area contributed by atoms with Crippen molar-refractivity contribution in [1.29, 1.82) is 0 Å². The second-order valence-electron chi connectivity index (χ2n) is 17.6. The molecule has 0 spiro atoms. The van der Waals surface area contributed by atoms with Crippen molar-refractivity contribution in [2.45, 2.75) is 19.3 Å². The highest BCUT2D eigenvalue weighted by Crippen LogP contribution is 2.52. The van der Waals surface area contributed by atoms with E-state index < -0.39 is 0 Å². The molecule has 0 bridgehead atoms. The van der Waals surface area contributed by atoms with Gasteiger partial charge in [-0.15, -0.1) is 0 Å². The van der Waals surface area contributed by atoms with Crippen LogP contribution in [0.25, 0.3) is 111 Å². The lowest BCUT2D eigenvalue weighted by Crippen LogP contribution is -2.17. The van der Waals surface area contributed by atoms with Gasteiger partial charge in [0.25, 0.3) is 0 Å². The van der Waals surface area contributed by atoms with Gasteiger partial charge >= 0.3 is 0 Å². The Hall–Kier alpha value is -8.41. The van der Waals surface area contributed by atoms with Crippen LogP contribution in [0.4, 0.5) is 0 Å². The molecule has 13 rings (SSSR count). The van der Waals surface area contributed by atoms with Gasteiger partial charge in [0.15, 0.2) is 11.6 Å². The molecular weight excluding hydrogens is 791 g/mol. The number of para-hydroxylation sites is 2. The molecule has 5 heteroatoms. The molecule has 0 atom stereocenters. The highest BCUT2D eigenvalue weighted by molar-refractivity contribution is 6.24. The zero-order chi connectivity index (χ0) is 43.2. The van der Waals surface area contributed by atoms with Crippen LogP contribution in [0.5, 0.6) is 0 Å². The van der Waals surface area contributed by atoms with Crippen molar-refractivity contribution >= 4 is 43.6 Å². The molecule has 12 aromatic rings. The van der Waals surface area contributed by atoms with Crippen molar-refractivity contribution in [2.24, 2.45) is 0 Å². The summed E-state index contributed by atoms with van der Waals surface area (Å²) >= 11 is 0. The van der Waals surface area contributed by atoms with Gasteiger partial charge in [0.1, 0.15) is 0 Å². The van der Waals surface area contributed by atoms with Crippen molar-refractivity contribution in [3.05, 3.63) is 223 Å². The first kappa shape index (κ1) is 37.2. The Morgan fingerprint density at radius 3 is 1.60 bits per heavy atom. The zero-order valence-electron chi connectivity index (χ0n) is 35.9. The van der Waals surface area contributed by atoms with Crippen molar-refractivity contribution in [3.63, 3.8) is 0 Å². The summed E-state index contributed by atoms with van der Waals surface area (Å²) in [6.45, 7) is 4.64. The summed E-state index contributed by atoms with van der Waals surface area (Å²) < 4.78 is 4.79. The molecule has 9 aromatic carbocycles. The molecular formula is C60H41N5. The molecule has 0 aliphatic heterocycles. The highest BCUT2D eigenvalue weighted by atomic mass is 15.2. The van der Waals surface area contributed by atoms with Crippen LogP contribution in [-0.2, 0) is 5.41 Å². The first-order valence-electron chi connectivity index (χ1n) is 22.3. The highest BCUT2D eigenvalue weighted by Gasteiger charge is 2.38. The van der Waals surface area contributed by atoms with Gasteiger partial charge in [-0.3, -0.25) is 4.57 Å². The SMILES string of the molecule is CC1(C)c2ccccc2-c2cccc(-c3nc(-c4ccccc4)nc(-n4c5ccccc5c5ccc6c7ccccc7n(-c7cc(-c8ccccc8)ccc7-c7ccccc7)c6c54)n3)c21. The smallest absolute Gasteiger partial charge is 0.238 e. The molecule has 0 radical (unpaired) electrons. The number of rotatable bonds is 6. The van der Waals surface area contributed by atoms with Gasteiger partial charge in [-0.1, -0.05) is 208 Å². The molecule has 0 saturated heterocycles. The average Bonchev–Trinajstić information content (AvgIpc) is 3.97. The Morgan fingerprint density at radius 2 is 0.892 bits per heavy atom. The Labute approximate surface area is 376 Å². The average molecular weight is 832 g/mol. The normalized spacial score (nSPS) is 12.9. The fourth-order valence-electron chi connectivity index (χ4n) is 10.7. The van der Waals surface area contributed by atoms with Crippen LogP contribution >= 0.6 is 0 Å². The molecule has 1 aliphatic carbocycles. The third-order valence-electron chi connectivity index (χ3n) is 13.6. The van der Waals surface area contributed by atoms with E-state index in [1.165, 1.54) is 33.2 Å². The molecule has 0 unspecified atom stereocenters. The molecule has 3 aromatic heterocycles. The second-order valence-corrected chi connectivity index (χ2v) is 17.6. The number of hydrogen-bond donors (Lipinski definition) is 0. The summed E-state index contributed by atoms with van der Waals surface area (Å²) in [4.78, 5) is 16.4. The van der Waals surface area contributed by atoms with E-state index >= 15 is 0 Å². The number of fused-ring (bicyclic) bond motifs is 10. The van der Waals surface area contributed by atoms with Gasteiger partial charge in [-0.2, -0.15) is 9.97 Å². The molecule has 5 nitrogen and oxygen atoms in total. The Bertz CT molecular complexity index is 3840. The third kappa shape index (κ3) is 5.62. The van der Waals surface area contributed by atoms with Crippen LogP contribution in [0.15, 0.2) is 212 Å².